The summed E-state index contributed by atoms with van der Waals surface area (Å²) in [5.74, 6) is -0.812. The molecule has 0 saturated carbocycles. The first-order valence-electron chi connectivity index (χ1n) is 10.1. The molecule has 0 unspecified atom stereocenters. The Balaban J connectivity index is 2.36. The lowest BCUT2D eigenvalue weighted by molar-refractivity contribution is -0.138. The molecular formula is C23H32ClNO4. The number of aliphatic carboxylic acids is 1. The topological polar surface area (TPSA) is 77.8 Å². The van der Waals surface area contributed by atoms with E-state index in [1.807, 2.05) is 31.3 Å². The molecule has 1 aliphatic heterocycles. The van der Waals surface area contributed by atoms with E-state index in [2.05, 4.69) is 13.8 Å². The highest BCUT2D eigenvalue weighted by Gasteiger charge is 2.40. The zero-order chi connectivity index (χ0) is 22.0. The van der Waals surface area contributed by atoms with Crippen LogP contribution in [0, 0.1) is 5.92 Å². The minimum absolute atomic E-state index is 0.0773. The van der Waals surface area contributed by atoms with Crippen molar-refractivity contribution in [1.82, 2.24) is 4.90 Å². The van der Waals surface area contributed by atoms with Gasteiger partial charge in [0.15, 0.2) is 0 Å². The molecule has 0 fully saturated rings. The van der Waals surface area contributed by atoms with Crippen molar-refractivity contribution in [1.29, 1.82) is 0 Å². The Bertz CT molecular complexity index is 810. The quantitative estimate of drug-likeness (QED) is 0.645. The van der Waals surface area contributed by atoms with Crippen LogP contribution in [0.3, 0.4) is 0 Å². The van der Waals surface area contributed by atoms with Crippen LogP contribution in [0.1, 0.15) is 65.0 Å². The van der Waals surface area contributed by atoms with Crippen LogP contribution >= 0.6 is 11.6 Å². The van der Waals surface area contributed by atoms with Gasteiger partial charge < -0.3 is 15.1 Å². The summed E-state index contributed by atoms with van der Waals surface area (Å²) in [4.78, 5) is 25.2. The van der Waals surface area contributed by atoms with E-state index in [1.165, 1.54) is 4.90 Å². The third kappa shape index (κ3) is 5.83. The van der Waals surface area contributed by atoms with Crippen LogP contribution in [-0.2, 0) is 21.4 Å². The molecule has 0 spiro atoms. The molecule has 2 rings (SSSR count). The molecule has 6 heteroatoms. The summed E-state index contributed by atoms with van der Waals surface area (Å²) in [5, 5.41) is 19.6. The smallest absolute Gasteiger partial charge is 0.305 e. The first kappa shape index (κ1) is 23.4. The molecule has 0 aliphatic carbocycles. The number of carbonyl (C=O) groups excluding carboxylic acids is 1. The van der Waals surface area contributed by atoms with Crippen LogP contribution in [0.4, 0.5) is 0 Å². The predicted octanol–water partition coefficient (Wildman–Crippen LogP) is 4.55. The standard InChI is InChI=1S/C23H32ClNO4/c1-15(2)18-14-25(11-9-21(27)28)20(26)13-23(18,5)17-7-6-16(19(24)12-17)8-10-22(3,4)29/h6-7,12,14-15,29H,8-11,13H2,1-5H3,(H,27,28)/t23-/m0/s1. The van der Waals surface area contributed by atoms with Crippen molar-refractivity contribution in [2.45, 2.75) is 71.3 Å². The van der Waals surface area contributed by atoms with E-state index >= 15 is 0 Å². The number of carbonyl (C=O) groups is 2. The number of hydrogen-bond acceptors (Lipinski definition) is 3. The zero-order valence-electron chi connectivity index (χ0n) is 18.0. The van der Waals surface area contributed by atoms with Crippen LogP contribution in [0.5, 0.6) is 0 Å². The van der Waals surface area contributed by atoms with Crippen molar-refractivity contribution in [2.24, 2.45) is 5.92 Å². The average Bonchev–Trinajstić information content (AvgIpc) is 2.58. The van der Waals surface area contributed by atoms with Gasteiger partial charge in [-0.05, 0) is 55.4 Å². The molecule has 1 aromatic carbocycles. The van der Waals surface area contributed by atoms with Gasteiger partial charge in [0, 0.05) is 29.6 Å². The van der Waals surface area contributed by atoms with Gasteiger partial charge in [0.05, 0.1) is 12.0 Å². The Labute approximate surface area is 178 Å². The molecule has 1 amide bonds. The maximum atomic E-state index is 12.8. The van der Waals surface area contributed by atoms with Gasteiger partial charge in [0.25, 0.3) is 0 Å². The minimum atomic E-state index is -0.918. The number of amides is 1. The van der Waals surface area contributed by atoms with Crippen molar-refractivity contribution in [3.8, 4) is 0 Å². The molecule has 160 valence electrons. The molecular weight excluding hydrogens is 390 g/mol. The van der Waals surface area contributed by atoms with Gasteiger partial charge in [-0.3, -0.25) is 9.59 Å². The Morgan fingerprint density at radius 2 is 2.00 bits per heavy atom. The van der Waals surface area contributed by atoms with Gasteiger partial charge in [-0.15, -0.1) is 0 Å². The first-order valence-corrected chi connectivity index (χ1v) is 10.5. The number of aliphatic hydroxyl groups is 1. The van der Waals surface area contributed by atoms with Crippen molar-refractivity contribution in [3.63, 3.8) is 0 Å². The lowest BCUT2D eigenvalue weighted by atomic mass is 9.68. The number of nitrogens with zero attached hydrogens (tertiary/aromatic N) is 1. The second-order valence-electron chi connectivity index (χ2n) is 9.10. The van der Waals surface area contributed by atoms with E-state index in [1.54, 1.807) is 13.8 Å². The second kappa shape index (κ2) is 8.88. The van der Waals surface area contributed by atoms with Crippen LogP contribution in [0.25, 0.3) is 0 Å². The molecule has 0 bridgehead atoms. The lowest BCUT2D eigenvalue weighted by Crippen LogP contribution is -2.42. The van der Waals surface area contributed by atoms with Crippen molar-refractivity contribution in [3.05, 3.63) is 46.1 Å². The van der Waals surface area contributed by atoms with Crippen LogP contribution in [0.2, 0.25) is 5.02 Å². The second-order valence-corrected chi connectivity index (χ2v) is 9.50. The van der Waals surface area contributed by atoms with E-state index in [4.69, 9.17) is 16.7 Å². The number of carboxylic acids is 1. The van der Waals surface area contributed by atoms with Gasteiger partial charge in [0.2, 0.25) is 5.91 Å². The summed E-state index contributed by atoms with van der Waals surface area (Å²) < 4.78 is 0. The fourth-order valence-corrected chi connectivity index (χ4v) is 4.16. The molecule has 5 nitrogen and oxygen atoms in total. The van der Waals surface area contributed by atoms with Gasteiger partial charge in [-0.1, -0.05) is 44.5 Å². The van der Waals surface area contributed by atoms with Crippen LogP contribution in [0.15, 0.2) is 30.0 Å². The molecule has 1 atom stereocenters. The maximum absolute atomic E-state index is 12.8. The highest BCUT2D eigenvalue weighted by molar-refractivity contribution is 6.31. The normalized spacial score (nSPS) is 20.2. The van der Waals surface area contributed by atoms with Crippen molar-refractivity contribution >= 4 is 23.5 Å². The molecule has 29 heavy (non-hydrogen) atoms. The Kier molecular flexibility index (Phi) is 7.18. The van der Waals surface area contributed by atoms with E-state index in [0.29, 0.717) is 17.9 Å². The highest BCUT2D eigenvalue weighted by Crippen LogP contribution is 2.43. The van der Waals surface area contributed by atoms with Gasteiger partial charge in [-0.2, -0.15) is 0 Å². The summed E-state index contributed by atoms with van der Waals surface area (Å²) >= 11 is 6.55. The molecule has 1 aromatic rings. The Morgan fingerprint density at radius 1 is 1.34 bits per heavy atom. The van der Waals surface area contributed by atoms with E-state index in [0.717, 1.165) is 16.7 Å². The number of carboxylic acid groups (broad SMARTS) is 1. The highest BCUT2D eigenvalue weighted by atomic mass is 35.5. The third-order valence-electron chi connectivity index (χ3n) is 5.64. The number of halogens is 1. The van der Waals surface area contributed by atoms with E-state index in [9.17, 15) is 14.7 Å². The fraction of sp³-hybridized carbons (Fsp3) is 0.565. The van der Waals surface area contributed by atoms with Crippen LogP contribution in [-0.4, -0.2) is 39.1 Å². The molecule has 0 saturated heterocycles. The minimum Gasteiger partial charge on any atom is -0.481 e. The predicted molar refractivity (Wildman–Crippen MR) is 115 cm³/mol. The van der Waals surface area contributed by atoms with Gasteiger partial charge in [0.1, 0.15) is 0 Å². The maximum Gasteiger partial charge on any atom is 0.305 e. The summed E-state index contributed by atoms with van der Waals surface area (Å²) in [7, 11) is 0. The Hall–Kier alpha value is -1.85. The first-order chi connectivity index (χ1) is 13.3. The molecule has 1 aliphatic rings. The fourth-order valence-electron chi connectivity index (χ4n) is 3.88. The summed E-state index contributed by atoms with van der Waals surface area (Å²) in [6.07, 6.45) is 3.31. The van der Waals surface area contributed by atoms with Crippen molar-refractivity contribution in [2.75, 3.05) is 6.54 Å². The molecule has 0 aromatic heterocycles. The summed E-state index contributed by atoms with van der Waals surface area (Å²) in [6, 6.07) is 5.92. The van der Waals surface area contributed by atoms with Gasteiger partial charge in [-0.25, -0.2) is 0 Å². The molecule has 2 N–H and O–H groups in total. The lowest BCUT2D eigenvalue weighted by Gasteiger charge is -2.41. The van der Waals surface area contributed by atoms with Crippen LogP contribution < -0.4 is 0 Å². The number of hydrogen-bond donors (Lipinski definition) is 2. The van der Waals surface area contributed by atoms with E-state index < -0.39 is 17.0 Å². The Morgan fingerprint density at radius 3 is 2.52 bits per heavy atom. The third-order valence-corrected chi connectivity index (χ3v) is 5.99. The largest absolute Gasteiger partial charge is 0.481 e. The zero-order valence-corrected chi connectivity index (χ0v) is 18.7. The number of allylic oxidation sites excluding steroid dienone is 1. The average molecular weight is 422 g/mol. The molecule has 0 radical (unpaired) electrons. The van der Waals surface area contributed by atoms with Gasteiger partial charge >= 0.3 is 5.97 Å². The van der Waals surface area contributed by atoms with Crippen molar-refractivity contribution < 1.29 is 19.8 Å². The summed E-state index contributed by atoms with van der Waals surface area (Å²) in [6.45, 7) is 9.94. The number of benzene rings is 1. The SMILES string of the molecule is CC(C)C1=CN(CCC(=O)O)C(=O)C[C@@]1(C)c1ccc(CCC(C)(C)O)c(Cl)c1. The molecule has 1 heterocycles. The van der Waals surface area contributed by atoms with E-state index in [-0.39, 0.29) is 31.2 Å². The summed E-state index contributed by atoms with van der Waals surface area (Å²) in [5.41, 5.74) is 1.78. The monoisotopic (exact) mass is 421 g/mol. The number of rotatable bonds is 8. The number of aryl methyl sites for hydroxylation is 1.